The Labute approximate surface area is 217 Å². The Hall–Kier alpha value is -0.620. The number of amides is 2. The number of fused-ring (bicyclic) bond motifs is 1. The van der Waals surface area contributed by atoms with E-state index in [-0.39, 0.29) is 63.9 Å². The van der Waals surface area contributed by atoms with Crippen molar-refractivity contribution in [2.75, 3.05) is 33.3 Å². The Morgan fingerprint density at radius 2 is 1.94 bits per heavy atom. The van der Waals surface area contributed by atoms with Crippen molar-refractivity contribution in [3.05, 3.63) is 0 Å². The molecule has 0 radical (unpaired) electrons. The first kappa shape index (κ1) is 26.0. The molecule has 0 aromatic carbocycles. The lowest BCUT2D eigenvalue weighted by Gasteiger charge is -2.45. The summed E-state index contributed by atoms with van der Waals surface area (Å²) in [5.41, 5.74) is -0.932. The first-order chi connectivity index (χ1) is 16.6. The second kappa shape index (κ2) is 10.3. The number of hydrogen-bond acceptors (Lipinski definition) is 8. The minimum Gasteiger partial charge on any atom is -0.390 e. The number of likely N-dealkylation sites (tertiary alicyclic amines) is 1. The van der Waals surface area contributed by atoms with Crippen LogP contribution in [0.2, 0.25) is 0 Å². The van der Waals surface area contributed by atoms with Crippen LogP contribution in [0, 0.1) is 23.7 Å². The lowest BCUT2D eigenvalue weighted by Crippen LogP contribution is -2.57. The molecule has 9 atom stereocenters. The lowest BCUT2D eigenvalue weighted by atomic mass is 9.70. The van der Waals surface area contributed by atoms with Gasteiger partial charge in [0.25, 0.3) is 0 Å². The number of thioether (sulfide) groups is 1. The van der Waals surface area contributed by atoms with Gasteiger partial charge in [0.15, 0.2) is 0 Å². The van der Waals surface area contributed by atoms with Crippen molar-refractivity contribution in [1.29, 1.82) is 0 Å². The minimum absolute atomic E-state index is 0.0526. The molecular weight excluding hydrogens is 490 g/mol. The van der Waals surface area contributed by atoms with E-state index in [9.17, 15) is 14.7 Å². The summed E-state index contributed by atoms with van der Waals surface area (Å²) in [5.74, 6) is 0.483. The Kier molecular flexibility index (Phi) is 7.63. The fourth-order valence-corrected chi connectivity index (χ4v) is 8.58. The van der Waals surface area contributed by atoms with Crippen molar-refractivity contribution in [3.8, 4) is 0 Å². The molecule has 35 heavy (non-hydrogen) atoms. The van der Waals surface area contributed by atoms with Crippen LogP contribution in [-0.2, 0) is 14.3 Å². The van der Waals surface area contributed by atoms with Gasteiger partial charge in [-0.05, 0) is 51.4 Å². The van der Waals surface area contributed by atoms with Crippen molar-refractivity contribution < 1.29 is 19.4 Å². The first-order valence-electron chi connectivity index (χ1n) is 13.0. The van der Waals surface area contributed by atoms with Gasteiger partial charge in [0.2, 0.25) is 11.8 Å². The Morgan fingerprint density at radius 3 is 2.63 bits per heavy atom. The predicted molar refractivity (Wildman–Crippen MR) is 136 cm³/mol. The highest BCUT2D eigenvalue weighted by molar-refractivity contribution is 8.00. The summed E-state index contributed by atoms with van der Waals surface area (Å²) in [5, 5.41) is 23.8. The summed E-state index contributed by atoms with van der Waals surface area (Å²) in [6, 6.07) is 0.529. The highest BCUT2D eigenvalue weighted by atomic mass is 35.5. The number of hydrogen-bond donors (Lipinski definition) is 5. The minimum atomic E-state index is -0.690. The third-order valence-corrected chi connectivity index (χ3v) is 10.5. The third-order valence-electron chi connectivity index (χ3n) is 8.76. The van der Waals surface area contributed by atoms with Gasteiger partial charge in [-0.2, -0.15) is 0 Å². The maximum atomic E-state index is 13.5. The van der Waals surface area contributed by atoms with Crippen molar-refractivity contribution in [1.82, 2.24) is 26.2 Å². The number of ether oxygens (including phenoxy) is 1. The maximum absolute atomic E-state index is 13.5. The van der Waals surface area contributed by atoms with Crippen LogP contribution in [-0.4, -0.2) is 95.1 Å². The monoisotopic (exact) mass is 529 g/mol. The van der Waals surface area contributed by atoms with E-state index in [2.05, 4.69) is 28.2 Å². The highest BCUT2D eigenvalue weighted by Crippen LogP contribution is 2.41. The van der Waals surface area contributed by atoms with Crippen LogP contribution in [0.25, 0.3) is 0 Å². The van der Waals surface area contributed by atoms with Crippen molar-refractivity contribution in [2.24, 2.45) is 23.7 Å². The van der Waals surface area contributed by atoms with Gasteiger partial charge >= 0.3 is 0 Å². The number of halogens is 1. The number of carbonyl (C=O) groups excluding carboxylic acids is 2. The first-order valence-corrected chi connectivity index (χ1v) is 14.4. The van der Waals surface area contributed by atoms with Crippen molar-refractivity contribution in [2.45, 2.75) is 79.6 Å². The van der Waals surface area contributed by atoms with Crippen LogP contribution in [0.4, 0.5) is 0 Å². The van der Waals surface area contributed by atoms with Gasteiger partial charge in [-0.3, -0.25) is 20.2 Å². The number of nitrogens with zero attached hydrogens (tertiary/aromatic N) is 1. The molecule has 0 aromatic heterocycles. The summed E-state index contributed by atoms with van der Waals surface area (Å²) in [4.78, 5) is 28.2. The van der Waals surface area contributed by atoms with E-state index in [0.717, 1.165) is 12.8 Å². The smallest absolute Gasteiger partial charge is 0.226 e. The molecule has 0 spiro atoms. The van der Waals surface area contributed by atoms with Crippen LogP contribution in [0.3, 0.4) is 0 Å². The quantitative estimate of drug-likeness (QED) is 0.255. The predicted octanol–water partition coefficient (Wildman–Crippen LogP) is 0.267. The maximum Gasteiger partial charge on any atom is 0.226 e. The topological polar surface area (TPSA) is 115 Å². The molecule has 5 fully saturated rings. The molecule has 198 valence electrons. The van der Waals surface area contributed by atoms with Crippen LogP contribution >= 0.6 is 23.4 Å². The number of carbonyl (C=O) groups is 2. The van der Waals surface area contributed by atoms with Gasteiger partial charge in [0.1, 0.15) is 5.50 Å². The van der Waals surface area contributed by atoms with Gasteiger partial charge < -0.3 is 25.4 Å². The van der Waals surface area contributed by atoms with E-state index < -0.39 is 5.60 Å². The summed E-state index contributed by atoms with van der Waals surface area (Å²) < 4.78 is 5.79. The van der Waals surface area contributed by atoms with Gasteiger partial charge in [0, 0.05) is 56.5 Å². The normalized spacial score (nSPS) is 47.7. The summed E-state index contributed by atoms with van der Waals surface area (Å²) in [6.45, 7) is 6.69. The van der Waals surface area contributed by atoms with Gasteiger partial charge in [0.05, 0.1) is 23.1 Å². The number of nitrogens with one attached hydrogen (secondary N) is 4. The van der Waals surface area contributed by atoms with Crippen LogP contribution in [0.15, 0.2) is 0 Å². The number of rotatable bonds is 5. The molecule has 11 heteroatoms. The zero-order valence-corrected chi connectivity index (χ0v) is 22.4. The van der Waals surface area contributed by atoms with Crippen molar-refractivity contribution in [3.63, 3.8) is 0 Å². The second-order valence-corrected chi connectivity index (χ2v) is 13.4. The molecule has 0 aromatic rings. The third kappa shape index (κ3) is 5.49. The number of alkyl halides is 1. The molecule has 5 aliphatic rings. The van der Waals surface area contributed by atoms with E-state index in [1.54, 1.807) is 25.8 Å². The molecule has 1 saturated carbocycles. The van der Waals surface area contributed by atoms with Crippen molar-refractivity contribution >= 4 is 35.2 Å². The molecular formula is C24H40ClN5O4S. The van der Waals surface area contributed by atoms with E-state index in [1.165, 1.54) is 0 Å². The highest BCUT2D eigenvalue weighted by Gasteiger charge is 2.49. The van der Waals surface area contributed by atoms with Crippen LogP contribution in [0.1, 0.15) is 39.5 Å². The average molecular weight is 530 g/mol. The SMILES string of the molecule is COC1CNC(Cl)CC1C1CC(C)NCC1C(=O)NC1NC2CN(C(=O)C3CC(C)(O)C3)CC2S1. The average Bonchev–Trinajstić information content (AvgIpc) is 3.35. The Morgan fingerprint density at radius 1 is 1.17 bits per heavy atom. The Bertz CT molecular complexity index is 799. The lowest BCUT2D eigenvalue weighted by molar-refractivity contribution is -0.148. The number of piperidine rings is 2. The summed E-state index contributed by atoms with van der Waals surface area (Å²) >= 11 is 8.16. The molecule has 4 heterocycles. The van der Waals surface area contributed by atoms with E-state index in [0.29, 0.717) is 45.1 Å². The molecule has 5 rings (SSSR count). The molecule has 5 N–H and O–H groups in total. The molecule has 4 aliphatic heterocycles. The fourth-order valence-electron chi connectivity index (χ4n) is 6.88. The molecule has 2 amide bonds. The summed E-state index contributed by atoms with van der Waals surface area (Å²) in [6.07, 6.45) is 2.88. The van der Waals surface area contributed by atoms with Gasteiger partial charge in [-0.25, -0.2) is 0 Å². The summed E-state index contributed by atoms with van der Waals surface area (Å²) in [7, 11) is 1.74. The zero-order valence-electron chi connectivity index (χ0n) is 20.8. The molecule has 1 aliphatic carbocycles. The van der Waals surface area contributed by atoms with Gasteiger partial charge in [-0.15, -0.1) is 23.4 Å². The molecule has 0 bridgehead atoms. The fraction of sp³-hybridized carbons (Fsp3) is 0.917. The Balaban J connectivity index is 1.16. The van der Waals surface area contributed by atoms with E-state index >= 15 is 0 Å². The number of aliphatic hydroxyl groups is 1. The number of methoxy groups -OCH3 is 1. The molecule has 9 unspecified atom stereocenters. The van der Waals surface area contributed by atoms with Crippen LogP contribution < -0.4 is 21.3 Å². The van der Waals surface area contributed by atoms with E-state index in [1.807, 2.05) is 4.90 Å². The molecule has 4 saturated heterocycles. The second-order valence-electron chi connectivity index (χ2n) is 11.5. The molecule has 9 nitrogen and oxygen atoms in total. The standard InChI is InChI=1S/C24H40ClN5O4S/c1-12-4-14(15-5-20(25)27-9-18(15)34-3)16(8-26-12)21(31)29-23-28-17-10-30(11-19(17)35-23)22(32)13-6-24(2,33)7-13/h12-20,23,26-28,33H,4-11H2,1-3H3,(H,29,31). The zero-order chi connectivity index (χ0) is 24.9. The van der Waals surface area contributed by atoms with E-state index in [4.69, 9.17) is 16.3 Å². The van der Waals surface area contributed by atoms with Crippen LogP contribution in [0.5, 0.6) is 0 Å². The largest absolute Gasteiger partial charge is 0.390 e. The van der Waals surface area contributed by atoms with Gasteiger partial charge in [-0.1, -0.05) is 0 Å².